The van der Waals surface area contributed by atoms with Crippen molar-refractivity contribution in [3.8, 4) is 0 Å². The maximum Gasteiger partial charge on any atom is 0.244 e. The molecule has 0 saturated carbocycles. The van der Waals surface area contributed by atoms with Crippen LogP contribution in [0.1, 0.15) is 24.9 Å². The van der Waals surface area contributed by atoms with Crippen molar-refractivity contribution < 1.29 is 13.2 Å². The lowest BCUT2D eigenvalue weighted by Gasteiger charge is -2.14. The molecule has 0 saturated heterocycles. The van der Waals surface area contributed by atoms with E-state index in [9.17, 15) is 13.2 Å². The third kappa shape index (κ3) is 4.46. The third-order valence-electron chi connectivity index (χ3n) is 2.13. The lowest BCUT2D eigenvalue weighted by atomic mass is 10.1. The second-order valence-electron chi connectivity index (χ2n) is 3.58. The number of carbonyl (C=O) groups is 1. The summed E-state index contributed by atoms with van der Waals surface area (Å²) >= 11 is 5.42. The summed E-state index contributed by atoms with van der Waals surface area (Å²) in [7, 11) is -3.48. The smallest absolute Gasteiger partial charge is 0.244 e. The second-order valence-corrected chi connectivity index (χ2v) is 5.83. The highest BCUT2D eigenvalue weighted by molar-refractivity contribution is 7.89. The molecular formula is C11H14ClNO3S. The molecule has 1 rings (SSSR count). The van der Waals surface area contributed by atoms with E-state index in [1.165, 1.54) is 0 Å². The van der Waals surface area contributed by atoms with Crippen LogP contribution < -0.4 is 4.72 Å². The minimum Gasteiger partial charge on any atom is -0.279 e. The van der Waals surface area contributed by atoms with Crippen LogP contribution in [0.5, 0.6) is 0 Å². The number of rotatable bonds is 6. The van der Waals surface area contributed by atoms with Gasteiger partial charge in [0.15, 0.2) is 0 Å². The van der Waals surface area contributed by atoms with Gasteiger partial charge in [-0.2, -0.15) is 4.72 Å². The average Bonchev–Trinajstić information content (AvgIpc) is 2.27. The molecule has 0 aromatic heterocycles. The molecule has 0 bridgehead atoms. The summed E-state index contributed by atoms with van der Waals surface area (Å²) < 4.78 is 25.5. The Morgan fingerprint density at radius 3 is 2.41 bits per heavy atom. The normalized spacial score (nSPS) is 13.3. The van der Waals surface area contributed by atoms with Crippen molar-refractivity contribution >= 4 is 26.9 Å². The lowest BCUT2D eigenvalue weighted by Crippen LogP contribution is -2.33. The molecule has 17 heavy (non-hydrogen) atoms. The topological polar surface area (TPSA) is 63.2 Å². The second kappa shape index (κ2) is 6.14. The van der Waals surface area contributed by atoms with Crippen LogP contribution in [0, 0.1) is 0 Å². The monoisotopic (exact) mass is 275 g/mol. The van der Waals surface area contributed by atoms with E-state index >= 15 is 0 Å². The number of hydrogen-bond donors (Lipinski definition) is 1. The highest BCUT2D eigenvalue weighted by atomic mass is 35.5. The zero-order valence-electron chi connectivity index (χ0n) is 9.39. The van der Waals surface area contributed by atoms with Gasteiger partial charge in [-0.15, -0.1) is 0 Å². The molecule has 0 amide bonds. The first-order valence-corrected chi connectivity index (χ1v) is 7.23. The van der Waals surface area contributed by atoms with Crippen LogP contribution in [0.15, 0.2) is 30.3 Å². The van der Waals surface area contributed by atoms with Gasteiger partial charge in [-0.3, -0.25) is 4.79 Å². The SMILES string of the molecule is CCCS(=O)(=O)NC(C(=O)Cl)c1ccccc1. The Labute approximate surface area is 106 Å². The summed E-state index contributed by atoms with van der Waals surface area (Å²) in [5.74, 6) is -0.0273. The van der Waals surface area contributed by atoms with Gasteiger partial charge in [0.25, 0.3) is 0 Å². The minimum absolute atomic E-state index is 0.0273. The highest BCUT2D eigenvalue weighted by Gasteiger charge is 2.23. The van der Waals surface area contributed by atoms with Gasteiger partial charge >= 0.3 is 0 Å². The molecule has 4 nitrogen and oxygen atoms in total. The molecule has 0 spiro atoms. The van der Waals surface area contributed by atoms with E-state index in [0.29, 0.717) is 12.0 Å². The predicted molar refractivity (Wildman–Crippen MR) is 67.3 cm³/mol. The molecule has 0 fully saturated rings. The van der Waals surface area contributed by atoms with Gasteiger partial charge in [0.1, 0.15) is 6.04 Å². The van der Waals surface area contributed by atoms with Gasteiger partial charge in [0.05, 0.1) is 5.75 Å². The van der Waals surface area contributed by atoms with Crippen molar-refractivity contribution in [2.24, 2.45) is 0 Å². The molecule has 0 heterocycles. The molecule has 1 unspecified atom stereocenters. The molecule has 0 radical (unpaired) electrons. The molecule has 0 aliphatic carbocycles. The standard InChI is InChI=1S/C11H14ClNO3S/c1-2-8-17(15,16)13-10(11(12)14)9-6-4-3-5-7-9/h3-7,10,13H,2,8H2,1H3. The zero-order valence-corrected chi connectivity index (χ0v) is 11.0. The summed E-state index contributed by atoms with van der Waals surface area (Å²) in [5.41, 5.74) is 0.534. The van der Waals surface area contributed by atoms with E-state index in [2.05, 4.69) is 4.72 Å². The van der Waals surface area contributed by atoms with E-state index in [1.54, 1.807) is 37.3 Å². The molecule has 1 aromatic carbocycles. The number of halogens is 1. The summed E-state index contributed by atoms with van der Waals surface area (Å²) in [5, 5.41) is -0.740. The summed E-state index contributed by atoms with van der Waals surface area (Å²) in [6, 6.07) is 7.50. The van der Waals surface area contributed by atoms with Gasteiger partial charge in [0, 0.05) is 0 Å². The number of hydrogen-bond acceptors (Lipinski definition) is 3. The summed E-state index contributed by atoms with van der Waals surface area (Å²) in [6.07, 6.45) is 0.479. The maximum absolute atomic E-state index is 11.6. The number of sulfonamides is 1. The molecule has 6 heteroatoms. The lowest BCUT2D eigenvalue weighted by molar-refractivity contribution is -0.113. The van der Waals surface area contributed by atoms with Crippen molar-refractivity contribution in [1.82, 2.24) is 4.72 Å². The molecule has 1 N–H and O–H groups in total. The third-order valence-corrected chi connectivity index (χ3v) is 3.89. The van der Waals surface area contributed by atoms with Gasteiger partial charge in [-0.1, -0.05) is 37.3 Å². The van der Waals surface area contributed by atoms with Crippen molar-refractivity contribution in [3.05, 3.63) is 35.9 Å². The first kappa shape index (κ1) is 14.2. The minimum atomic E-state index is -3.48. The Balaban J connectivity index is 2.93. The van der Waals surface area contributed by atoms with Crippen LogP contribution in [-0.2, 0) is 14.8 Å². The Morgan fingerprint density at radius 1 is 1.35 bits per heavy atom. The molecule has 1 aromatic rings. The van der Waals surface area contributed by atoms with Crippen molar-refractivity contribution in [3.63, 3.8) is 0 Å². The molecular weight excluding hydrogens is 262 g/mol. The highest BCUT2D eigenvalue weighted by Crippen LogP contribution is 2.16. The fraction of sp³-hybridized carbons (Fsp3) is 0.364. The van der Waals surface area contributed by atoms with Crippen molar-refractivity contribution in [2.45, 2.75) is 19.4 Å². The molecule has 94 valence electrons. The summed E-state index contributed by atoms with van der Waals surface area (Å²) in [6.45, 7) is 1.75. The van der Waals surface area contributed by atoms with E-state index < -0.39 is 21.3 Å². The van der Waals surface area contributed by atoms with Crippen molar-refractivity contribution in [1.29, 1.82) is 0 Å². The Kier molecular flexibility index (Phi) is 5.11. The predicted octanol–water partition coefficient (Wildman–Crippen LogP) is 1.82. The van der Waals surface area contributed by atoms with E-state index in [4.69, 9.17) is 11.6 Å². The summed E-state index contributed by atoms with van der Waals surface area (Å²) in [4.78, 5) is 11.3. The molecule has 1 atom stereocenters. The van der Waals surface area contributed by atoms with Crippen molar-refractivity contribution in [2.75, 3.05) is 5.75 Å². The van der Waals surface area contributed by atoms with Crippen LogP contribution in [0.2, 0.25) is 0 Å². The average molecular weight is 276 g/mol. The fourth-order valence-corrected chi connectivity index (χ4v) is 2.90. The first-order valence-electron chi connectivity index (χ1n) is 5.20. The van der Waals surface area contributed by atoms with Gasteiger partial charge in [0.2, 0.25) is 15.3 Å². The molecule has 0 aliphatic heterocycles. The number of nitrogens with one attached hydrogen (secondary N) is 1. The number of carbonyl (C=O) groups excluding carboxylic acids is 1. The quantitative estimate of drug-likeness (QED) is 0.806. The maximum atomic E-state index is 11.6. The van der Waals surface area contributed by atoms with Crippen LogP contribution in [-0.4, -0.2) is 19.4 Å². The first-order chi connectivity index (χ1) is 7.96. The fourth-order valence-electron chi connectivity index (χ4n) is 1.40. The van der Waals surface area contributed by atoms with Crippen LogP contribution in [0.25, 0.3) is 0 Å². The van der Waals surface area contributed by atoms with E-state index in [1.807, 2.05) is 0 Å². The van der Waals surface area contributed by atoms with E-state index in [-0.39, 0.29) is 5.75 Å². The van der Waals surface area contributed by atoms with Gasteiger partial charge in [-0.25, -0.2) is 8.42 Å². The Hall–Kier alpha value is -0.910. The molecule has 0 aliphatic rings. The number of benzene rings is 1. The van der Waals surface area contributed by atoms with Gasteiger partial charge < -0.3 is 0 Å². The van der Waals surface area contributed by atoms with Gasteiger partial charge in [-0.05, 0) is 23.6 Å². The van der Waals surface area contributed by atoms with E-state index in [0.717, 1.165) is 0 Å². The largest absolute Gasteiger partial charge is 0.279 e. The van der Waals surface area contributed by atoms with Crippen LogP contribution in [0.3, 0.4) is 0 Å². The van der Waals surface area contributed by atoms with Crippen LogP contribution in [0.4, 0.5) is 0 Å². The Bertz CT molecular complexity index is 473. The zero-order chi connectivity index (χ0) is 12.9. The Morgan fingerprint density at radius 2 is 1.94 bits per heavy atom. The van der Waals surface area contributed by atoms with Crippen LogP contribution >= 0.6 is 11.6 Å².